The topological polar surface area (TPSA) is 66.9 Å². The molecular formula is C10H16N4OS. The summed E-state index contributed by atoms with van der Waals surface area (Å²) in [6.45, 7) is 5.06. The van der Waals surface area contributed by atoms with Crippen molar-refractivity contribution in [1.29, 1.82) is 0 Å². The highest BCUT2D eigenvalue weighted by Gasteiger charge is 2.34. The highest BCUT2D eigenvalue weighted by Crippen LogP contribution is 2.29. The van der Waals surface area contributed by atoms with Gasteiger partial charge in [-0.3, -0.25) is 4.79 Å². The van der Waals surface area contributed by atoms with Crippen LogP contribution in [0.2, 0.25) is 0 Å². The lowest BCUT2D eigenvalue weighted by atomic mass is 10.5. The predicted molar refractivity (Wildman–Crippen MR) is 63.7 cm³/mol. The zero-order valence-corrected chi connectivity index (χ0v) is 10.3. The number of nitrogens with one attached hydrogen (secondary N) is 2. The van der Waals surface area contributed by atoms with Gasteiger partial charge in [-0.25, -0.2) is 0 Å². The average molecular weight is 240 g/mol. The lowest BCUT2D eigenvalue weighted by Crippen LogP contribution is -2.26. The Hall–Kier alpha value is -1.17. The van der Waals surface area contributed by atoms with Crippen molar-refractivity contribution in [3.05, 3.63) is 5.01 Å². The van der Waals surface area contributed by atoms with Crippen molar-refractivity contribution in [3.8, 4) is 0 Å². The van der Waals surface area contributed by atoms with Gasteiger partial charge in [0.05, 0.1) is 0 Å². The van der Waals surface area contributed by atoms with E-state index in [-0.39, 0.29) is 5.91 Å². The number of rotatable bonds is 5. The van der Waals surface area contributed by atoms with E-state index < -0.39 is 0 Å². The molecular weight excluding hydrogens is 224 g/mol. The summed E-state index contributed by atoms with van der Waals surface area (Å²) >= 11 is 1.31. The molecule has 2 atom stereocenters. The molecule has 1 saturated carbocycles. The Morgan fingerprint density at radius 3 is 2.94 bits per heavy atom. The van der Waals surface area contributed by atoms with Crippen LogP contribution in [0.1, 0.15) is 36.5 Å². The van der Waals surface area contributed by atoms with Crippen LogP contribution in [-0.2, 0) is 0 Å². The van der Waals surface area contributed by atoms with Crippen LogP contribution in [0.3, 0.4) is 0 Å². The van der Waals surface area contributed by atoms with Gasteiger partial charge in [0.2, 0.25) is 10.1 Å². The molecule has 2 unspecified atom stereocenters. The van der Waals surface area contributed by atoms with Crippen molar-refractivity contribution in [2.45, 2.75) is 32.7 Å². The monoisotopic (exact) mass is 240 g/mol. The molecule has 2 N–H and O–H groups in total. The van der Waals surface area contributed by atoms with E-state index in [1.807, 2.05) is 0 Å². The zero-order valence-electron chi connectivity index (χ0n) is 9.49. The Morgan fingerprint density at radius 2 is 2.31 bits per heavy atom. The van der Waals surface area contributed by atoms with Crippen LogP contribution in [-0.4, -0.2) is 28.7 Å². The van der Waals surface area contributed by atoms with Crippen LogP contribution in [0.4, 0.5) is 5.13 Å². The van der Waals surface area contributed by atoms with Crippen LogP contribution in [0, 0.1) is 5.92 Å². The molecule has 1 heterocycles. The lowest BCUT2D eigenvalue weighted by molar-refractivity contribution is 0.0948. The maximum atomic E-state index is 11.7. The van der Waals surface area contributed by atoms with Gasteiger partial charge in [0, 0.05) is 12.6 Å². The van der Waals surface area contributed by atoms with E-state index in [1.165, 1.54) is 11.3 Å². The maximum absolute atomic E-state index is 11.7. The third kappa shape index (κ3) is 2.69. The number of aromatic nitrogens is 2. The van der Waals surface area contributed by atoms with E-state index in [0.29, 0.717) is 17.0 Å². The van der Waals surface area contributed by atoms with Crippen LogP contribution in [0.15, 0.2) is 0 Å². The summed E-state index contributed by atoms with van der Waals surface area (Å²) in [7, 11) is 0. The van der Waals surface area contributed by atoms with Crippen LogP contribution >= 0.6 is 11.3 Å². The molecule has 0 saturated heterocycles. The van der Waals surface area contributed by atoms with E-state index in [2.05, 4.69) is 34.7 Å². The largest absolute Gasteiger partial charge is 0.360 e. The normalized spacial score (nSPS) is 22.9. The summed E-state index contributed by atoms with van der Waals surface area (Å²) in [5.74, 6) is 0.506. The van der Waals surface area contributed by atoms with Gasteiger partial charge in [-0.05, 0) is 18.8 Å². The molecule has 0 spiro atoms. The summed E-state index contributed by atoms with van der Waals surface area (Å²) in [6.07, 6.45) is 2.10. The Balaban J connectivity index is 1.88. The van der Waals surface area contributed by atoms with Crippen LogP contribution in [0.25, 0.3) is 0 Å². The highest BCUT2D eigenvalue weighted by atomic mass is 32.1. The van der Waals surface area contributed by atoms with Gasteiger partial charge < -0.3 is 10.6 Å². The van der Waals surface area contributed by atoms with Gasteiger partial charge in [-0.1, -0.05) is 25.2 Å². The van der Waals surface area contributed by atoms with E-state index in [4.69, 9.17) is 0 Å². The molecule has 1 aromatic rings. The molecule has 0 aromatic carbocycles. The highest BCUT2D eigenvalue weighted by molar-refractivity contribution is 7.17. The number of hydrogen-bond donors (Lipinski definition) is 2. The predicted octanol–water partition coefficient (Wildman–Crippen LogP) is 1.50. The number of nitrogens with zero attached hydrogens (tertiary/aromatic N) is 2. The molecule has 0 radical (unpaired) electrons. The van der Waals surface area contributed by atoms with Crippen molar-refractivity contribution in [3.63, 3.8) is 0 Å². The third-order valence-electron chi connectivity index (χ3n) is 2.57. The second kappa shape index (κ2) is 4.78. The number of hydrogen-bond acceptors (Lipinski definition) is 5. The molecule has 1 aromatic heterocycles. The van der Waals surface area contributed by atoms with Crippen LogP contribution < -0.4 is 10.6 Å². The first-order valence-corrected chi connectivity index (χ1v) is 6.40. The fraction of sp³-hybridized carbons (Fsp3) is 0.700. The van der Waals surface area contributed by atoms with E-state index in [1.54, 1.807) is 0 Å². The molecule has 2 rings (SSSR count). The minimum absolute atomic E-state index is 0.101. The fourth-order valence-electron chi connectivity index (χ4n) is 1.37. The van der Waals surface area contributed by atoms with Crippen LogP contribution in [0.5, 0.6) is 0 Å². The fourth-order valence-corrected chi connectivity index (χ4v) is 2.04. The zero-order chi connectivity index (χ0) is 11.5. The smallest absolute Gasteiger partial charge is 0.282 e. The van der Waals surface area contributed by atoms with Gasteiger partial charge in [0.25, 0.3) is 5.91 Å². The van der Waals surface area contributed by atoms with Crippen molar-refractivity contribution in [2.75, 3.05) is 11.9 Å². The summed E-state index contributed by atoms with van der Waals surface area (Å²) in [6, 6.07) is 0.337. The Kier molecular flexibility index (Phi) is 3.38. The molecule has 16 heavy (non-hydrogen) atoms. The molecule has 1 fully saturated rings. The lowest BCUT2D eigenvalue weighted by Gasteiger charge is -1.98. The number of carbonyl (C=O) groups excluding carboxylic acids is 1. The quantitative estimate of drug-likeness (QED) is 0.818. The van der Waals surface area contributed by atoms with Crippen molar-refractivity contribution >= 4 is 22.4 Å². The number of anilines is 1. The molecule has 88 valence electrons. The summed E-state index contributed by atoms with van der Waals surface area (Å²) in [5, 5.41) is 15.0. The van der Waals surface area contributed by atoms with E-state index in [9.17, 15) is 4.79 Å². The Labute approximate surface area is 98.7 Å². The summed E-state index contributed by atoms with van der Waals surface area (Å²) < 4.78 is 0. The molecule has 6 heteroatoms. The first-order valence-electron chi connectivity index (χ1n) is 5.59. The van der Waals surface area contributed by atoms with E-state index in [0.717, 1.165) is 24.5 Å². The molecule has 5 nitrogen and oxygen atoms in total. The van der Waals surface area contributed by atoms with Crippen molar-refractivity contribution in [2.24, 2.45) is 5.92 Å². The molecule has 1 aliphatic carbocycles. The first kappa shape index (κ1) is 11.3. The summed E-state index contributed by atoms with van der Waals surface area (Å²) in [5.41, 5.74) is 0. The van der Waals surface area contributed by atoms with Crippen molar-refractivity contribution in [1.82, 2.24) is 15.5 Å². The molecule has 0 aliphatic heterocycles. The van der Waals surface area contributed by atoms with Gasteiger partial charge in [0.15, 0.2) is 0 Å². The Bertz CT molecular complexity index is 379. The maximum Gasteiger partial charge on any atom is 0.282 e. The second-order valence-electron chi connectivity index (χ2n) is 4.13. The molecule has 1 aliphatic rings. The van der Waals surface area contributed by atoms with Gasteiger partial charge in [-0.15, -0.1) is 10.2 Å². The standard InChI is InChI=1S/C10H16N4OS/c1-3-4-11-10-14-13-9(16-10)8(15)12-7-5-6(7)2/h6-7H,3-5H2,1-2H3,(H,11,14)(H,12,15). The summed E-state index contributed by atoms with van der Waals surface area (Å²) in [4.78, 5) is 11.7. The number of carbonyl (C=O) groups is 1. The van der Waals surface area contributed by atoms with Gasteiger partial charge >= 0.3 is 0 Å². The second-order valence-corrected chi connectivity index (χ2v) is 5.11. The first-order chi connectivity index (χ1) is 7.70. The third-order valence-corrected chi connectivity index (χ3v) is 3.45. The Morgan fingerprint density at radius 1 is 1.56 bits per heavy atom. The SMILES string of the molecule is CCCNc1nnc(C(=O)NC2CC2C)s1. The van der Waals surface area contributed by atoms with Gasteiger partial charge in [-0.2, -0.15) is 0 Å². The average Bonchev–Trinajstić information content (AvgIpc) is 2.81. The van der Waals surface area contributed by atoms with E-state index >= 15 is 0 Å². The van der Waals surface area contributed by atoms with Gasteiger partial charge in [0.1, 0.15) is 0 Å². The minimum Gasteiger partial charge on any atom is -0.360 e. The molecule has 0 bridgehead atoms. The minimum atomic E-state index is -0.101. The van der Waals surface area contributed by atoms with Crippen molar-refractivity contribution < 1.29 is 4.79 Å². The molecule has 1 amide bonds. The number of amides is 1.